The smallest absolute Gasteiger partial charge is 0.255 e. The van der Waals surface area contributed by atoms with Crippen LogP contribution in [0.5, 0.6) is 0 Å². The van der Waals surface area contributed by atoms with Crippen LogP contribution in [-0.4, -0.2) is 47.9 Å². The molecule has 4 aromatic rings. The van der Waals surface area contributed by atoms with Crippen molar-refractivity contribution >= 4 is 55.0 Å². The maximum atomic E-state index is 12.4. The molecule has 1 fully saturated rings. The SMILES string of the molecule is O=C(Nc1ccc(CCN2CCN(c3nsc4ccccc34)CC2)cc1)c1ccc(Br)cc1. The highest BCUT2D eigenvalue weighted by atomic mass is 79.9. The molecule has 0 radical (unpaired) electrons. The van der Waals surface area contributed by atoms with Gasteiger partial charge in [0.05, 0.1) is 4.70 Å². The van der Waals surface area contributed by atoms with Crippen molar-refractivity contribution < 1.29 is 4.79 Å². The van der Waals surface area contributed by atoms with Crippen molar-refractivity contribution in [3.63, 3.8) is 0 Å². The second kappa shape index (κ2) is 10.0. The Morgan fingerprint density at radius 3 is 2.42 bits per heavy atom. The van der Waals surface area contributed by atoms with Crippen LogP contribution in [0, 0.1) is 0 Å². The number of carbonyl (C=O) groups is 1. The molecule has 0 aliphatic carbocycles. The lowest BCUT2D eigenvalue weighted by Crippen LogP contribution is -2.47. The predicted molar refractivity (Wildman–Crippen MR) is 141 cm³/mol. The largest absolute Gasteiger partial charge is 0.353 e. The van der Waals surface area contributed by atoms with E-state index in [1.54, 1.807) is 11.5 Å². The predicted octanol–water partition coefficient (Wildman–Crippen LogP) is 5.68. The molecule has 168 valence electrons. The summed E-state index contributed by atoms with van der Waals surface area (Å²) in [6.07, 6.45) is 1.00. The molecule has 33 heavy (non-hydrogen) atoms. The molecule has 1 N–H and O–H groups in total. The van der Waals surface area contributed by atoms with E-state index in [-0.39, 0.29) is 5.91 Å². The third-order valence-electron chi connectivity index (χ3n) is 6.07. The lowest BCUT2D eigenvalue weighted by Gasteiger charge is -2.35. The van der Waals surface area contributed by atoms with Crippen LogP contribution in [-0.2, 0) is 6.42 Å². The average molecular weight is 521 g/mol. The van der Waals surface area contributed by atoms with Gasteiger partial charge in [-0.1, -0.05) is 40.2 Å². The van der Waals surface area contributed by atoms with Gasteiger partial charge in [-0.2, -0.15) is 4.37 Å². The number of aromatic nitrogens is 1. The number of amides is 1. The molecule has 0 bridgehead atoms. The van der Waals surface area contributed by atoms with E-state index >= 15 is 0 Å². The van der Waals surface area contributed by atoms with Crippen LogP contribution in [0.1, 0.15) is 15.9 Å². The Bertz CT molecular complexity index is 1230. The number of nitrogens with zero attached hydrogens (tertiary/aromatic N) is 3. The van der Waals surface area contributed by atoms with E-state index in [9.17, 15) is 4.79 Å². The van der Waals surface area contributed by atoms with Crippen molar-refractivity contribution in [1.29, 1.82) is 0 Å². The first-order chi connectivity index (χ1) is 16.2. The van der Waals surface area contributed by atoms with E-state index in [0.29, 0.717) is 5.56 Å². The summed E-state index contributed by atoms with van der Waals surface area (Å²) in [5.41, 5.74) is 2.74. The van der Waals surface area contributed by atoms with E-state index in [1.807, 2.05) is 36.4 Å². The zero-order chi connectivity index (χ0) is 22.6. The van der Waals surface area contributed by atoms with Gasteiger partial charge in [0, 0.05) is 53.8 Å². The van der Waals surface area contributed by atoms with E-state index in [1.165, 1.54) is 15.6 Å². The number of rotatable bonds is 6. The molecule has 2 heterocycles. The molecule has 1 aliphatic heterocycles. The van der Waals surface area contributed by atoms with Crippen molar-refractivity contribution in [2.45, 2.75) is 6.42 Å². The minimum absolute atomic E-state index is 0.0963. The Morgan fingerprint density at radius 1 is 0.939 bits per heavy atom. The van der Waals surface area contributed by atoms with E-state index in [2.05, 4.69) is 67.4 Å². The zero-order valence-corrected chi connectivity index (χ0v) is 20.6. The van der Waals surface area contributed by atoms with Crippen molar-refractivity contribution in [3.8, 4) is 0 Å². The first-order valence-electron chi connectivity index (χ1n) is 11.1. The number of fused-ring (bicyclic) bond motifs is 1. The fourth-order valence-corrected chi connectivity index (χ4v) is 5.19. The zero-order valence-electron chi connectivity index (χ0n) is 18.2. The molecule has 0 unspecified atom stereocenters. The van der Waals surface area contributed by atoms with Gasteiger partial charge in [0.2, 0.25) is 0 Å². The average Bonchev–Trinajstić information content (AvgIpc) is 3.28. The van der Waals surface area contributed by atoms with Gasteiger partial charge in [-0.05, 0) is 72.0 Å². The number of hydrogen-bond donors (Lipinski definition) is 1. The number of hydrogen-bond acceptors (Lipinski definition) is 5. The lowest BCUT2D eigenvalue weighted by molar-refractivity contribution is 0.102. The van der Waals surface area contributed by atoms with Crippen molar-refractivity contribution in [2.24, 2.45) is 0 Å². The second-order valence-corrected chi connectivity index (χ2v) is 9.96. The highest BCUT2D eigenvalue weighted by Gasteiger charge is 2.20. The first kappa shape index (κ1) is 22.1. The van der Waals surface area contributed by atoms with Crippen LogP contribution in [0.4, 0.5) is 11.5 Å². The van der Waals surface area contributed by atoms with Gasteiger partial charge in [0.25, 0.3) is 5.91 Å². The Labute approximate surface area is 206 Å². The summed E-state index contributed by atoms with van der Waals surface area (Å²) >= 11 is 4.98. The Balaban J connectivity index is 1.10. The van der Waals surface area contributed by atoms with Crippen LogP contribution in [0.2, 0.25) is 0 Å². The molecular formula is C26H25BrN4OS. The lowest BCUT2D eigenvalue weighted by atomic mass is 10.1. The number of halogens is 1. The van der Waals surface area contributed by atoms with Crippen LogP contribution < -0.4 is 10.2 Å². The van der Waals surface area contributed by atoms with E-state index < -0.39 is 0 Å². The normalized spacial score (nSPS) is 14.5. The van der Waals surface area contributed by atoms with Crippen molar-refractivity contribution in [1.82, 2.24) is 9.27 Å². The highest BCUT2D eigenvalue weighted by molar-refractivity contribution is 9.10. The molecule has 0 saturated carbocycles. The maximum absolute atomic E-state index is 12.4. The molecule has 1 aliphatic rings. The molecule has 5 nitrogen and oxygen atoms in total. The monoisotopic (exact) mass is 520 g/mol. The number of carbonyl (C=O) groups excluding carboxylic acids is 1. The fourth-order valence-electron chi connectivity index (χ4n) is 4.13. The molecule has 1 amide bonds. The van der Waals surface area contributed by atoms with Gasteiger partial charge >= 0.3 is 0 Å². The minimum atomic E-state index is -0.0963. The van der Waals surface area contributed by atoms with Gasteiger partial charge in [0.15, 0.2) is 0 Å². The molecule has 5 rings (SSSR count). The fraction of sp³-hybridized carbons (Fsp3) is 0.231. The summed E-state index contributed by atoms with van der Waals surface area (Å²) in [6.45, 7) is 5.15. The Kier molecular flexibility index (Phi) is 6.71. The summed E-state index contributed by atoms with van der Waals surface area (Å²) < 4.78 is 6.92. The number of nitrogens with one attached hydrogen (secondary N) is 1. The van der Waals surface area contributed by atoms with Crippen LogP contribution in [0.15, 0.2) is 77.3 Å². The summed E-state index contributed by atoms with van der Waals surface area (Å²) in [6, 6.07) is 24.0. The number of anilines is 2. The van der Waals surface area contributed by atoms with Crippen molar-refractivity contribution in [2.75, 3.05) is 42.9 Å². The first-order valence-corrected chi connectivity index (χ1v) is 12.7. The second-order valence-electron chi connectivity index (χ2n) is 8.24. The summed E-state index contributed by atoms with van der Waals surface area (Å²) in [4.78, 5) is 17.3. The molecule has 0 spiro atoms. The van der Waals surface area contributed by atoms with Crippen molar-refractivity contribution in [3.05, 3.63) is 88.4 Å². The van der Waals surface area contributed by atoms with Gasteiger partial charge in [-0.15, -0.1) is 0 Å². The highest BCUT2D eigenvalue weighted by Crippen LogP contribution is 2.29. The summed E-state index contributed by atoms with van der Waals surface area (Å²) in [5, 5.41) is 4.23. The molecule has 1 aromatic heterocycles. The number of benzene rings is 3. The van der Waals surface area contributed by atoms with Crippen LogP contribution in [0.25, 0.3) is 10.1 Å². The Morgan fingerprint density at radius 2 is 1.67 bits per heavy atom. The maximum Gasteiger partial charge on any atom is 0.255 e. The quantitative estimate of drug-likeness (QED) is 0.355. The van der Waals surface area contributed by atoms with E-state index in [0.717, 1.165) is 55.1 Å². The molecule has 1 saturated heterocycles. The minimum Gasteiger partial charge on any atom is -0.353 e. The third kappa shape index (κ3) is 5.27. The molecule has 3 aromatic carbocycles. The third-order valence-corrected chi connectivity index (χ3v) is 7.41. The van der Waals surface area contributed by atoms with Gasteiger partial charge in [-0.25, -0.2) is 0 Å². The summed E-state index contributed by atoms with van der Waals surface area (Å²) in [5.74, 6) is 1.04. The molecule has 0 atom stereocenters. The van der Waals surface area contributed by atoms with Crippen LogP contribution in [0.3, 0.4) is 0 Å². The topological polar surface area (TPSA) is 48.5 Å². The van der Waals surface area contributed by atoms with Gasteiger partial charge < -0.3 is 10.2 Å². The van der Waals surface area contributed by atoms with E-state index in [4.69, 9.17) is 4.37 Å². The molecular weight excluding hydrogens is 496 g/mol. The van der Waals surface area contributed by atoms with Crippen LogP contribution >= 0.6 is 27.5 Å². The molecule has 7 heteroatoms. The Hall–Kier alpha value is -2.74. The van der Waals surface area contributed by atoms with Gasteiger partial charge in [0.1, 0.15) is 5.82 Å². The summed E-state index contributed by atoms with van der Waals surface area (Å²) in [7, 11) is 0. The number of piperazine rings is 1. The van der Waals surface area contributed by atoms with Gasteiger partial charge in [-0.3, -0.25) is 9.69 Å². The standard InChI is InChI=1S/C26H25BrN4OS/c27-21-9-7-20(8-10-21)26(32)28-22-11-5-19(6-12-22)13-14-30-15-17-31(18-16-30)25-23-3-1-2-4-24(23)33-29-25/h1-12H,13-18H2,(H,28,32).